The first kappa shape index (κ1) is 11.5. The summed E-state index contributed by atoms with van der Waals surface area (Å²) in [5, 5.41) is 3.28. The van der Waals surface area contributed by atoms with Crippen LogP contribution in [0.5, 0.6) is 0 Å². The summed E-state index contributed by atoms with van der Waals surface area (Å²) in [7, 11) is 2.04. The van der Waals surface area contributed by atoms with Crippen molar-refractivity contribution in [2.75, 3.05) is 31.6 Å². The van der Waals surface area contributed by atoms with Crippen LogP contribution in [0.1, 0.15) is 17.5 Å². The highest BCUT2D eigenvalue weighted by Crippen LogP contribution is 2.25. The van der Waals surface area contributed by atoms with Gasteiger partial charge in [0, 0.05) is 18.8 Å². The molecule has 0 spiro atoms. The molecule has 2 nitrogen and oxygen atoms in total. The fourth-order valence-electron chi connectivity index (χ4n) is 2.44. The van der Waals surface area contributed by atoms with Crippen LogP contribution in [0.2, 0.25) is 0 Å². The van der Waals surface area contributed by atoms with E-state index < -0.39 is 0 Å². The monoisotopic (exact) mass is 218 g/mol. The largest absolute Gasteiger partial charge is 0.371 e. The summed E-state index contributed by atoms with van der Waals surface area (Å²) >= 11 is 0. The molecule has 1 unspecified atom stereocenters. The number of benzene rings is 1. The van der Waals surface area contributed by atoms with Gasteiger partial charge in [0.2, 0.25) is 0 Å². The third kappa shape index (κ3) is 2.38. The molecule has 2 rings (SSSR count). The number of rotatable bonds is 3. The molecule has 1 N–H and O–H groups in total. The van der Waals surface area contributed by atoms with Gasteiger partial charge in [-0.1, -0.05) is 6.07 Å². The molecule has 0 aliphatic carbocycles. The Labute approximate surface area is 98.7 Å². The molecule has 1 aliphatic heterocycles. The summed E-state index contributed by atoms with van der Waals surface area (Å²) < 4.78 is 0. The number of nitrogens with zero attached hydrogens (tertiary/aromatic N) is 1. The molecule has 1 heterocycles. The lowest BCUT2D eigenvalue weighted by Crippen LogP contribution is -2.24. The van der Waals surface area contributed by atoms with Gasteiger partial charge in [0.25, 0.3) is 0 Å². The minimum atomic E-state index is 0.812. The van der Waals surface area contributed by atoms with Gasteiger partial charge in [-0.2, -0.15) is 0 Å². The Balaban J connectivity index is 2.05. The zero-order chi connectivity index (χ0) is 11.5. The van der Waals surface area contributed by atoms with Crippen molar-refractivity contribution in [3.63, 3.8) is 0 Å². The summed E-state index contributed by atoms with van der Waals surface area (Å²) in [6.45, 7) is 7.91. The van der Waals surface area contributed by atoms with Crippen LogP contribution in [0.4, 0.5) is 5.69 Å². The molecule has 1 fully saturated rings. The standard InChI is InChI=1S/C14H22N2/c1-11-4-5-14(8-12(11)2)16-7-6-13(10-16)9-15-3/h4-5,8,13,15H,6-7,9-10H2,1-3H3. The Bertz CT molecular complexity index is 360. The molecule has 0 aromatic heterocycles. The van der Waals surface area contributed by atoms with Crippen molar-refractivity contribution in [1.82, 2.24) is 5.32 Å². The molecule has 1 saturated heterocycles. The van der Waals surface area contributed by atoms with E-state index in [-0.39, 0.29) is 0 Å². The normalized spacial score (nSPS) is 20.4. The van der Waals surface area contributed by atoms with E-state index in [9.17, 15) is 0 Å². The van der Waals surface area contributed by atoms with Gasteiger partial charge in [0.1, 0.15) is 0 Å². The van der Waals surface area contributed by atoms with Crippen LogP contribution in [0, 0.1) is 19.8 Å². The quantitative estimate of drug-likeness (QED) is 0.838. The summed E-state index contributed by atoms with van der Waals surface area (Å²) in [5.74, 6) is 0.812. The van der Waals surface area contributed by atoms with E-state index in [1.165, 1.54) is 36.3 Å². The molecule has 1 aliphatic rings. The van der Waals surface area contributed by atoms with Crippen molar-refractivity contribution >= 4 is 5.69 Å². The highest BCUT2D eigenvalue weighted by molar-refractivity contribution is 5.51. The fraction of sp³-hybridized carbons (Fsp3) is 0.571. The summed E-state index contributed by atoms with van der Waals surface area (Å²) in [6.07, 6.45) is 1.31. The maximum atomic E-state index is 3.28. The van der Waals surface area contributed by atoms with E-state index in [1.54, 1.807) is 0 Å². The number of aryl methyl sites for hydroxylation is 2. The van der Waals surface area contributed by atoms with Gasteiger partial charge >= 0.3 is 0 Å². The first-order valence-corrected chi connectivity index (χ1v) is 6.17. The molecule has 0 bridgehead atoms. The van der Waals surface area contributed by atoms with E-state index in [2.05, 4.69) is 42.3 Å². The molecule has 1 aromatic carbocycles. The number of hydrogen-bond acceptors (Lipinski definition) is 2. The third-order valence-electron chi connectivity index (χ3n) is 3.63. The average Bonchev–Trinajstić information content (AvgIpc) is 2.71. The van der Waals surface area contributed by atoms with Crippen LogP contribution >= 0.6 is 0 Å². The maximum Gasteiger partial charge on any atom is 0.0369 e. The number of anilines is 1. The first-order valence-electron chi connectivity index (χ1n) is 6.17. The van der Waals surface area contributed by atoms with Crippen LogP contribution in [0.25, 0.3) is 0 Å². The van der Waals surface area contributed by atoms with Gasteiger partial charge < -0.3 is 10.2 Å². The van der Waals surface area contributed by atoms with E-state index in [0.29, 0.717) is 0 Å². The van der Waals surface area contributed by atoms with Crippen molar-refractivity contribution in [2.45, 2.75) is 20.3 Å². The van der Waals surface area contributed by atoms with E-state index >= 15 is 0 Å². The Morgan fingerprint density at radius 2 is 2.12 bits per heavy atom. The van der Waals surface area contributed by atoms with Crippen molar-refractivity contribution in [3.05, 3.63) is 29.3 Å². The summed E-state index contributed by atoms with van der Waals surface area (Å²) in [4.78, 5) is 2.51. The van der Waals surface area contributed by atoms with Crippen molar-refractivity contribution < 1.29 is 0 Å². The van der Waals surface area contributed by atoms with E-state index in [1.807, 2.05) is 7.05 Å². The summed E-state index contributed by atoms with van der Waals surface area (Å²) in [5.41, 5.74) is 4.17. The van der Waals surface area contributed by atoms with Crippen LogP contribution in [0.15, 0.2) is 18.2 Å². The lowest BCUT2D eigenvalue weighted by Gasteiger charge is -2.19. The second-order valence-corrected chi connectivity index (χ2v) is 4.93. The highest BCUT2D eigenvalue weighted by atomic mass is 15.2. The molecule has 0 saturated carbocycles. The third-order valence-corrected chi connectivity index (χ3v) is 3.63. The van der Waals surface area contributed by atoms with Crippen LogP contribution in [-0.2, 0) is 0 Å². The van der Waals surface area contributed by atoms with Crippen molar-refractivity contribution in [1.29, 1.82) is 0 Å². The van der Waals surface area contributed by atoms with Crippen LogP contribution in [-0.4, -0.2) is 26.7 Å². The molecule has 1 atom stereocenters. The van der Waals surface area contributed by atoms with Crippen LogP contribution in [0.3, 0.4) is 0 Å². The van der Waals surface area contributed by atoms with E-state index in [0.717, 1.165) is 12.5 Å². The van der Waals surface area contributed by atoms with Gasteiger partial charge in [-0.05, 0) is 63.0 Å². The molecule has 2 heteroatoms. The zero-order valence-corrected chi connectivity index (χ0v) is 10.6. The Morgan fingerprint density at radius 1 is 1.31 bits per heavy atom. The summed E-state index contributed by atoms with van der Waals surface area (Å²) in [6, 6.07) is 6.80. The molecule has 1 aromatic rings. The SMILES string of the molecule is CNCC1CCN(c2ccc(C)c(C)c2)C1. The zero-order valence-electron chi connectivity index (χ0n) is 10.6. The molecule has 0 amide bonds. The van der Waals surface area contributed by atoms with Gasteiger partial charge in [-0.25, -0.2) is 0 Å². The predicted molar refractivity (Wildman–Crippen MR) is 70.2 cm³/mol. The maximum absolute atomic E-state index is 3.28. The smallest absolute Gasteiger partial charge is 0.0369 e. The predicted octanol–water partition coefficient (Wildman–Crippen LogP) is 2.35. The molecule has 88 valence electrons. The molecule has 16 heavy (non-hydrogen) atoms. The lowest BCUT2D eigenvalue weighted by molar-refractivity contribution is 0.549. The highest BCUT2D eigenvalue weighted by Gasteiger charge is 2.21. The minimum absolute atomic E-state index is 0.812. The van der Waals surface area contributed by atoms with Crippen molar-refractivity contribution in [2.24, 2.45) is 5.92 Å². The fourth-order valence-corrected chi connectivity index (χ4v) is 2.44. The van der Waals surface area contributed by atoms with Gasteiger partial charge in [-0.15, -0.1) is 0 Å². The van der Waals surface area contributed by atoms with Crippen LogP contribution < -0.4 is 10.2 Å². The second-order valence-electron chi connectivity index (χ2n) is 4.93. The molecular weight excluding hydrogens is 196 g/mol. The van der Waals surface area contributed by atoms with Gasteiger partial charge in [-0.3, -0.25) is 0 Å². The number of hydrogen-bond donors (Lipinski definition) is 1. The van der Waals surface area contributed by atoms with Gasteiger partial charge in [0.05, 0.1) is 0 Å². The second kappa shape index (κ2) is 4.88. The van der Waals surface area contributed by atoms with Gasteiger partial charge in [0.15, 0.2) is 0 Å². The van der Waals surface area contributed by atoms with E-state index in [4.69, 9.17) is 0 Å². The Morgan fingerprint density at radius 3 is 2.81 bits per heavy atom. The lowest BCUT2D eigenvalue weighted by atomic mass is 10.1. The first-order chi connectivity index (χ1) is 7.70. The average molecular weight is 218 g/mol. The van der Waals surface area contributed by atoms with Crippen molar-refractivity contribution in [3.8, 4) is 0 Å². The molecular formula is C14H22N2. The number of nitrogens with one attached hydrogen (secondary N) is 1. The molecule has 0 radical (unpaired) electrons. The Hall–Kier alpha value is -1.02. The Kier molecular flexibility index (Phi) is 3.49. The topological polar surface area (TPSA) is 15.3 Å². The minimum Gasteiger partial charge on any atom is -0.371 e.